The Morgan fingerprint density at radius 3 is 2.26 bits per heavy atom. The summed E-state index contributed by atoms with van der Waals surface area (Å²) in [5, 5.41) is 0.0989. The van der Waals surface area contributed by atoms with Crippen LogP contribution >= 0.6 is 11.6 Å². The summed E-state index contributed by atoms with van der Waals surface area (Å²) in [5.41, 5.74) is -0.255. The number of halogens is 4. The molecule has 0 unspecified atom stereocenters. The predicted octanol–water partition coefficient (Wildman–Crippen LogP) is 4.81. The van der Waals surface area contributed by atoms with Gasteiger partial charge >= 0.3 is 6.18 Å². The number of piperidine rings is 1. The van der Waals surface area contributed by atoms with Gasteiger partial charge in [-0.25, -0.2) is 8.42 Å². The molecule has 1 amide bonds. The van der Waals surface area contributed by atoms with E-state index in [0.717, 1.165) is 31.4 Å². The fraction of sp³-hybridized carbons (Fsp3) is 0.381. The second-order valence-corrected chi connectivity index (χ2v) is 9.81. The van der Waals surface area contributed by atoms with Gasteiger partial charge in [0, 0.05) is 26.7 Å². The van der Waals surface area contributed by atoms with Gasteiger partial charge in [0.2, 0.25) is 10.0 Å². The second kappa shape index (κ2) is 9.18. The number of benzene rings is 2. The van der Waals surface area contributed by atoms with Gasteiger partial charge in [0.25, 0.3) is 5.91 Å². The Bertz CT molecular complexity index is 1050. The van der Waals surface area contributed by atoms with Crippen LogP contribution in [-0.4, -0.2) is 43.7 Å². The van der Waals surface area contributed by atoms with Crippen molar-refractivity contribution in [2.75, 3.05) is 20.1 Å². The maximum absolute atomic E-state index is 12.9. The van der Waals surface area contributed by atoms with Gasteiger partial charge in [0.1, 0.15) is 0 Å². The summed E-state index contributed by atoms with van der Waals surface area (Å²) in [6.45, 7) is 0.903. The summed E-state index contributed by atoms with van der Waals surface area (Å²) < 4.78 is 65.4. The molecule has 2 aromatic carbocycles. The van der Waals surface area contributed by atoms with Crippen molar-refractivity contribution in [2.45, 2.75) is 36.9 Å². The van der Waals surface area contributed by atoms with E-state index in [-0.39, 0.29) is 22.0 Å². The van der Waals surface area contributed by atoms with Crippen molar-refractivity contribution in [1.82, 2.24) is 9.21 Å². The van der Waals surface area contributed by atoms with E-state index >= 15 is 0 Å². The molecule has 0 saturated carbocycles. The molecular weight excluding hydrogens is 453 g/mol. The topological polar surface area (TPSA) is 57.7 Å². The minimum Gasteiger partial charge on any atom is -0.337 e. The highest BCUT2D eigenvalue weighted by Gasteiger charge is 2.30. The van der Waals surface area contributed by atoms with Crippen LogP contribution in [0.3, 0.4) is 0 Å². The zero-order valence-electron chi connectivity index (χ0n) is 16.8. The van der Waals surface area contributed by atoms with Crippen molar-refractivity contribution in [2.24, 2.45) is 0 Å². The third-order valence-electron chi connectivity index (χ3n) is 5.17. The van der Waals surface area contributed by atoms with Gasteiger partial charge in [-0.2, -0.15) is 17.5 Å². The van der Waals surface area contributed by atoms with Crippen molar-refractivity contribution < 1.29 is 26.4 Å². The molecule has 31 heavy (non-hydrogen) atoms. The number of sulfonamides is 1. The molecule has 1 fully saturated rings. The van der Waals surface area contributed by atoms with Crippen molar-refractivity contribution >= 4 is 27.5 Å². The van der Waals surface area contributed by atoms with E-state index in [0.29, 0.717) is 18.7 Å². The molecule has 0 radical (unpaired) electrons. The van der Waals surface area contributed by atoms with Crippen molar-refractivity contribution in [1.29, 1.82) is 0 Å². The molecule has 5 nitrogen and oxygen atoms in total. The smallest absolute Gasteiger partial charge is 0.337 e. The van der Waals surface area contributed by atoms with Crippen LogP contribution in [0, 0.1) is 0 Å². The Labute approximate surface area is 184 Å². The van der Waals surface area contributed by atoms with E-state index in [1.54, 1.807) is 0 Å². The van der Waals surface area contributed by atoms with Gasteiger partial charge in [-0.15, -0.1) is 0 Å². The van der Waals surface area contributed by atoms with E-state index in [1.165, 1.54) is 46.6 Å². The minimum absolute atomic E-state index is 0.00919. The van der Waals surface area contributed by atoms with Gasteiger partial charge in [-0.3, -0.25) is 4.79 Å². The Hall–Kier alpha value is -2.10. The molecular formula is C21H22ClF3N2O3S. The molecule has 0 atom stereocenters. The number of carbonyl (C=O) groups excluding carboxylic acids is 1. The van der Waals surface area contributed by atoms with Gasteiger partial charge in [-0.05, 0) is 48.7 Å². The molecule has 0 bridgehead atoms. The maximum atomic E-state index is 12.9. The molecule has 1 saturated heterocycles. The summed E-state index contributed by atoms with van der Waals surface area (Å²) in [7, 11) is -2.27. The first-order valence-electron chi connectivity index (χ1n) is 9.71. The first-order valence-corrected chi connectivity index (χ1v) is 11.5. The summed E-state index contributed by atoms with van der Waals surface area (Å²) in [4.78, 5) is 14.2. The lowest BCUT2D eigenvalue weighted by atomic mass is 10.1. The highest BCUT2D eigenvalue weighted by Crippen LogP contribution is 2.30. The Kier molecular flexibility index (Phi) is 6.98. The van der Waals surface area contributed by atoms with Crippen molar-refractivity contribution in [3.05, 3.63) is 64.2 Å². The van der Waals surface area contributed by atoms with Crippen molar-refractivity contribution in [3.63, 3.8) is 0 Å². The number of amides is 1. The molecule has 1 heterocycles. The van der Waals surface area contributed by atoms with Gasteiger partial charge in [-0.1, -0.05) is 30.2 Å². The first-order chi connectivity index (χ1) is 14.5. The molecule has 0 aromatic heterocycles. The van der Waals surface area contributed by atoms with E-state index < -0.39 is 27.7 Å². The molecule has 3 rings (SSSR count). The van der Waals surface area contributed by atoms with Crippen LogP contribution in [0.15, 0.2) is 47.4 Å². The maximum Gasteiger partial charge on any atom is 0.416 e. The average Bonchev–Trinajstić information content (AvgIpc) is 2.73. The Balaban J connectivity index is 1.80. The quantitative estimate of drug-likeness (QED) is 0.625. The number of hydrogen-bond acceptors (Lipinski definition) is 3. The molecule has 2 aromatic rings. The van der Waals surface area contributed by atoms with E-state index in [9.17, 15) is 26.4 Å². The molecule has 0 aliphatic carbocycles. The van der Waals surface area contributed by atoms with Crippen LogP contribution in [0.2, 0.25) is 5.02 Å². The molecule has 168 valence electrons. The number of rotatable bonds is 5. The summed E-state index contributed by atoms with van der Waals surface area (Å²) in [6, 6.07) is 8.50. The highest BCUT2D eigenvalue weighted by molar-refractivity contribution is 7.89. The fourth-order valence-corrected chi connectivity index (χ4v) is 5.18. The van der Waals surface area contributed by atoms with Crippen LogP contribution in [0.5, 0.6) is 0 Å². The number of hydrogen-bond donors (Lipinski definition) is 0. The molecule has 0 N–H and O–H groups in total. The standard InChI is InChI=1S/C21H22ClF3N2O3S/c1-26(14-15-5-7-16(8-6-15)21(23,24)25)20(28)18-13-17(9-10-19(18)22)31(29,30)27-11-3-2-4-12-27/h5-10,13H,2-4,11-12,14H2,1H3. The Morgan fingerprint density at radius 2 is 1.68 bits per heavy atom. The highest BCUT2D eigenvalue weighted by atomic mass is 35.5. The average molecular weight is 475 g/mol. The van der Waals surface area contributed by atoms with Crippen LogP contribution in [0.4, 0.5) is 13.2 Å². The summed E-state index contributed by atoms with van der Waals surface area (Å²) in [5.74, 6) is -0.527. The normalized spacial score (nSPS) is 15.6. The number of nitrogens with zero attached hydrogens (tertiary/aromatic N) is 2. The molecule has 1 aliphatic heterocycles. The lowest BCUT2D eigenvalue weighted by Gasteiger charge is -2.26. The third-order valence-corrected chi connectivity index (χ3v) is 7.39. The van der Waals surface area contributed by atoms with Crippen molar-refractivity contribution in [3.8, 4) is 0 Å². The van der Waals surface area contributed by atoms with E-state index in [1.807, 2.05) is 0 Å². The minimum atomic E-state index is -4.44. The monoisotopic (exact) mass is 474 g/mol. The van der Waals surface area contributed by atoms with Gasteiger partial charge in [0.15, 0.2) is 0 Å². The summed E-state index contributed by atoms with van der Waals surface area (Å²) in [6.07, 6.45) is -1.89. The molecule has 1 aliphatic rings. The SMILES string of the molecule is CN(Cc1ccc(C(F)(F)F)cc1)C(=O)c1cc(S(=O)(=O)N2CCCCC2)ccc1Cl. The zero-order chi connectivity index (χ0) is 22.8. The predicted molar refractivity (Wildman–Crippen MR) is 111 cm³/mol. The zero-order valence-corrected chi connectivity index (χ0v) is 18.4. The summed E-state index contributed by atoms with van der Waals surface area (Å²) >= 11 is 6.16. The van der Waals surface area contributed by atoms with Gasteiger partial charge in [0.05, 0.1) is 21.0 Å². The van der Waals surface area contributed by atoms with E-state index in [4.69, 9.17) is 11.6 Å². The van der Waals surface area contributed by atoms with E-state index in [2.05, 4.69) is 0 Å². The fourth-order valence-electron chi connectivity index (χ4n) is 3.43. The van der Waals surface area contributed by atoms with Crippen LogP contribution < -0.4 is 0 Å². The second-order valence-electron chi connectivity index (χ2n) is 7.46. The lowest BCUT2D eigenvalue weighted by Crippen LogP contribution is -2.35. The number of alkyl halides is 3. The van der Waals surface area contributed by atoms with Crippen LogP contribution in [-0.2, 0) is 22.7 Å². The van der Waals surface area contributed by atoms with Crippen LogP contribution in [0.1, 0.15) is 40.7 Å². The number of carbonyl (C=O) groups is 1. The lowest BCUT2D eigenvalue weighted by molar-refractivity contribution is -0.137. The molecule has 0 spiro atoms. The largest absolute Gasteiger partial charge is 0.416 e. The third kappa shape index (κ3) is 5.39. The Morgan fingerprint density at radius 1 is 1.06 bits per heavy atom. The molecule has 10 heteroatoms. The van der Waals surface area contributed by atoms with Gasteiger partial charge < -0.3 is 4.90 Å². The van der Waals surface area contributed by atoms with Crippen LogP contribution in [0.25, 0.3) is 0 Å². The first kappa shape index (κ1) is 23.6.